The predicted molar refractivity (Wildman–Crippen MR) is 62.8 cm³/mol. The molecule has 2 atom stereocenters. The maximum Gasteiger partial charge on any atom is 0.148 e. The molecule has 0 spiro atoms. The van der Waals surface area contributed by atoms with Crippen molar-refractivity contribution in [1.29, 1.82) is 5.26 Å². The molecular weight excluding hydrogens is 291 g/mol. The van der Waals surface area contributed by atoms with Crippen LogP contribution in [0.5, 0.6) is 0 Å². The summed E-state index contributed by atoms with van der Waals surface area (Å²) in [6, 6.07) is 11.5. The number of aliphatic hydroxyl groups excluding tert-OH is 1. The summed E-state index contributed by atoms with van der Waals surface area (Å²) in [7, 11) is 0. The van der Waals surface area contributed by atoms with Crippen molar-refractivity contribution in [2.45, 2.75) is 10.1 Å². The molecule has 0 aromatic heterocycles. The van der Waals surface area contributed by atoms with Crippen LogP contribution in [0.25, 0.3) is 0 Å². The van der Waals surface area contributed by atoms with Crippen molar-refractivity contribution in [3.63, 3.8) is 0 Å². The van der Waals surface area contributed by atoms with Crippen molar-refractivity contribution >= 4 is 22.6 Å². The SMILES string of the molecule is N#C[C@H](I)N[C@H](CO)c1ccccc1. The van der Waals surface area contributed by atoms with Crippen LogP contribution in [0.15, 0.2) is 30.3 Å². The zero-order chi connectivity index (χ0) is 10.4. The highest BCUT2D eigenvalue weighted by Gasteiger charge is 2.12. The Labute approximate surface area is 96.9 Å². The summed E-state index contributed by atoms with van der Waals surface area (Å²) in [5, 5.41) is 20.8. The number of nitrogens with one attached hydrogen (secondary N) is 1. The van der Waals surface area contributed by atoms with Crippen LogP contribution < -0.4 is 5.32 Å². The van der Waals surface area contributed by atoms with Crippen LogP contribution in [0.1, 0.15) is 11.6 Å². The second-order valence-electron chi connectivity index (χ2n) is 2.80. The van der Waals surface area contributed by atoms with Gasteiger partial charge in [-0.15, -0.1) is 0 Å². The van der Waals surface area contributed by atoms with Gasteiger partial charge in [0.15, 0.2) is 0 Å². The number of hydrogen-bond donors (Lipinski definition) is 2. The maximum atomic E-state index is 9.15. The number of nitriles is 1. The van der Waals surface area contributed by atoms with E-state index >= 15 is 0 Å². The second kappa shape index (κ2) is 5.96. The van der Waals surface area contributed by atoms with Crippen LogP contribution in [-0.4, -0.2) is 15.8 Å². The first-order chi connectivity index (χ1) is 6.77. The van der Waals surface area contributed by atoms with Crippen LogP contribution in [-0.2, 0) is 0 Å². The van der Waals surface area contributed by atoms with Crippen molar-refractivity contribution < 1.29 is 5.11 Å². The molecule has 0 radical (unpaired) electrons. The number of hydrogen-bond acceptors (Lipinski definition) is 3. The van der Waals surface area contributed by atoms with E-state index < -0.39 is 0 Å². The molecule has 0 amide bonds. The minimum atomic E-state index is -0.287. The summed E-state index contributed by atoms with van der Waals surface area (Å²) in [5.41, 5.74) is 0.993. The Kier molecular flexibility index (Phi) is 4.87. The highest BCUT2D eigenvalue weighted by Crippen LogP contribution is 2.13. The van der Waals surface area contributed by atoms with Gasteiger partial charge >= 0.3 is 0 Å². The Hall–Kier alpha value is -0.640. The Morgan fingerprint density at radius 3 is 2.57 bits per heavy atom. The predicted octanol–water partition coefficient (Wildman–Crippen LogP) is 1.59. The molecule has 3 nitrogen and oxygen atoms in total. The van der Waals surface area contributed by atoms with Crippen LogP contribution in [0.4, 0.5) is 0 Å². The first kappa shape index (κ1) is 11.4. The number of nitrogens with zero attached hydrogens (tertiary/aromatic N) is 1. The molecule has 1 rings (SSSR count). The summed E-state index contributed by atoms with van der Waals surface area (Å²) in [4.78, 5) is 0. The Bertz CT molecular complexity index is 310. The molecule has 4 heteroatoms. The Morgan fingerprint density at radius 2 is 2.07 bits per heavy atom. The number of halogens is 1. The van der Waals surface area contributed by atoms with Crippen molar-refractivity contribution in [2.75, 3.05) is 6.61 Å². The zero-order valence-corrected chi connectivity index (χ0v) is 9.68. The molecule has 0 saturated heterocycles. The lowest BCUT2D eigenvalue weighted by molar-refractivity contribution is 0.247. The average molecular weight is 302 g/mol. The number of alkyl halides is 1. The van der Waals surface area contributed by atoms with E-state index in [-0.39, 0.29) is 16.7 Å². The van der Waals surface area contributed by atoms with E-state index in [1.165, 1.54) is 0 Å². The summed E-state index contributed by atoms with van der Waals surface area (Å²) < 4.78 is -0.287. The van der Waals surface area contributed by atoms with Crippen LogP contribution in [0.3, 0.4) is 0 Å². The van der Waals surface area contributed by atoms with E-state index in [1.807, 2.05) is 52.9 Å². The molecule has 1 aromatic rings. The Morgan fingerprint density at radius 1 is 1.43 bits per heavy atom. The molecular formula is C10H11IN2O. The fourth-order valence-electron chi connectivity index (χ4n) is 1.15. The smallest absolute Gasteiger partial charge is 0.148 e. The first-order valence-corrected chi connectivity index (χ1v) is 5.48. The van der Waals surface area contributed by atoms with Crippen LogP contribution in [0.2, 0.25) is 0 Å². The normalized spacial score (nSPS) is 14.4. The molecule has 0 heterocycles. The summed E-state index contributed by atoms with van der Waals surface area (Å²) in [6.07, 6.45) is 0. The molecule has 0 fully saturated rings. The third-order valence-corrected chi connectivity index (χ3v) is 2.48. The molecule has 74 valence electrons. The number of benzene rings is 1. The summed E-state index contributed by atoms with van der Waals surface area (Å²) >= 11 is 1.99. The zero-order valence-electron chi connectivity index (χ0n) is 7.52. The highest BCUT2D eigenvalue weighted by molar-refractivity contribution is 14.1. The largest absolute Gasteiger partial charge is 0.394 e. The van der Waals surface area contributed by atoms with E-state index in [1.54, 1.807) is 0 Å². The average Bonchev–Trinajstić information content (AvgIpc) is 2.26. The number of aliphatic hydroxyl groups is 1. The number of rotatable bonds is 4. The van der Waals surface area contributed by atoms with E-state index in [0.717, 1.165) is 5.56 Å². The van der Waals surface area contributed by atoms with Gasteiger partial charge in [-0.3, -0.25) is 5.32 Å². The lowest BCUT2D eigenvalue weighted by Crippen LogP contribution is -2.29. The summed E-state index contributed by atoms with van der Waals surface area (Å²) in [5.74, 6) is 0. The highest BCUT2D eigenvalue weighted by atomic mass is 127. The van der Waals surface area contributed by atoms with Crippen molar-refractivity contribution in [2.24, 2.45) is 0 Å². The lowest BCUT2D eigenvalue weighted by Gasteiger charge is -2.16. The van der Waals surface area contributed by atoms with Gasteiger partial charge in [-0.25, -0.2) is 0 Å². The molecule has 0 aliphatic heterocycles. The quantitative estimate of drug-likeness (QED) is 0.504. The minimum Gasteiger partial charge on any atom is -0.394 e. The van der Waals surface area contributed by atoms with Gasteiger partial charge in [0.05, 0.1) is 18.7 Å². The molecule has 0 bridgehead atoms. The lowest BCUT2D eigenvalue weighted by atomic mass is 10.1. The van der Waals surface area contributed by atoms with Gasteiger partial charge in [-0.05, 0) is 28.2 Å². The van der Waals surface area contributed by atoms with E-state index in [4.69, 9.17) is 10.4 Å². The van der Waals surface area contributed by atoms with E-state index in [2.05, 4.69) is 11.4 Å². The standard InChI is InChI=1S/C10H11IN2O/c11-10(6-12)13-9(7-14)8-4-2-1-3-5-8/h1-5,9-10,13-14H,7H2/t9-,10-/m1/s1. The minimum absolute atomic E-state index is 0.00874. The first-order valence-electron chi connectivity index (χ1n) is 4.23. The molecule has 0 saturated carbocycles. The van der Waals surface area contributed by atoms with Gasteiger partial charge in [0.1, 0.15) is 4.05 Å². The fraction of sp³-hybridized carbons (Fsp3) is 0.300. The molecule has 14 heavy (non-hydrogen) atoms. The van der Waals surface area contributed by atoms with Gasteiger partial charge in [-0.1, -0.05) is 30.3 Å². The van der Waals surface area contributed by atoms with E-state index in [9.17, 15) is 0 Å². The second-order valence-corrected chi connectivity index (χ2v) is 4.05. The third-order valence-electron chi connectivity index (χ3n) is 1.85. The van der Waals surface area contributed by atoms with Gasteiger partial charge in [0, 0.05) is 0 Å². The molecule has 0 aliphatic carbocycles. The van der Waals surface area contributed by atoms with Crippen molar-refractivity contribution in [1.82, 2.24) is 5.32 Å². The van der Waals surface area contributed by atoms with Gasteiger partial charge in [0.25, 0.3) is 0 Å². The van der Waals surface area contributed by atoms with Gasteiger partial charge < -0.3 is 5.11 Å². The van der Waals surface area contributed by atoms with Gasteiger partial charge in [0.2, 0.25) is 0 Å². The van der Waals surface area contributed by atoms with Crippen LogP contribution >= 0.6 is 22.6 Å². The van der Waals surface area contributed by atoms with Gasteiger partial charge in [-0.2, -0.15) is 5.26 Å². The summed E-state index contributed by atoms with van der Waals surface area (Å²) in [6.45, 7) is -0.00874. The monoisotopic (exact) mass is 302 g/mol. The van der Waals surface area contributed by atoms with Crippen LogP contribution in [0, 0.1) is 11.3 Å². The Balaban J connectivity index is 2.69. The third kappa shape index (κ3) is 3.25. The topological polar surface area (TPSA) is 56.0 Å². The van der Waals surface area contributed by atoms with E-state index in [0.29, 0.717) is 0 Å². The molecule has 0 unspecified atom stereocenters. The van der Waals surface area contributed by atoms with Crippen molar-refractivity contribution in [3.05, 3.63) is 35.9 Å². The molecule has 0 aliphatic rings. The molecule has 2 N–H and O–H groups in total. The maximum absolute atomic E-state index is 9.15. The van der Waals surface area contributed by atoms with Crippen molar-refractivity contribution in [3.8, 4) is 6.07 Å². The molecule has 1 aromatic carbocycles. The fourth-order valence-corrected chi connectivity index (χ4v) is 1.59.